The van der Waals surface area contributed by atoms with Crippen LogP contribution in [0.3, 0.4) is 0 Å². The third kappa shape index (κ3) is 4.52. The zero-order valence-corrected chi connectivity index (χ0v) is 16.4. The highest BCUT2D eigenvalue weighted by atomic mass is 19.3. The molecule has 0 bridgehead atoms. The predicted octanol–water partition coefficient (Wildman–Crippen LogP) is 4.20. The maximum absolute atomic E-state index is 13.3. The lowest BCUT2D eigenvalue weighted by atomic mass is 10.2. The van der Waals surface area contributed by atoms with Crippen LogP contribution in [0.1, 0.15) is 53.5 Å². The number of carbonyl (C=O) groups excluding carboxylic acids is 1. The number of benzene rings is 1. The van der Waals surface area contributed by atoms with E-state index < -0.39 is 6.43 Å². The number of hydrogen-bond acceptors (Lipinski definition) is 3. The Bertz CT molecular complexity index is 1040. The molecule has 2 aromatic heterocycles. The average molecular weight is 399 g/mol. The first-order valence-electron chi connectivity index (χ1n) is 9.64. The van der Waals surface area contributed by atoms with Crippen LogP contribution >= 0.6 is 0 Å². The Morgan fingerprint density at radius 2 is 1.97 bits per heavy atom. The van der Waals surface area contributed by atoms with Crippen molar-refractivity contribution in [2.24, 2.45) is 0 Å². The van der Waals surface area contributed by atoms with Gasteiger partial charge in [0.25, 0.3) is 6.43 Å². The highest BCUT2D eigenvalue weighted by Crippen LogP contribution is 2.40. The van der Waals surface area contributed by atoms with E-state index in [1.54, 1.807) is 6.07 Å². The van der Waals surface area contributed by atoms with E-state index in [0.29, 0.717) is 17.9 Å². The predicted molar refractivity (Wildman–Crippen MR) is 105 cm³/mol. The molecule has 152 valence electrons. The number of aromatic nitrogens is 4. The fourth-order valence-corrected chi connectivity index (χ4v) is 3.42. The maximum Gasteiger partial charge on any atom is 0.280 e. The van der Waals surface area contributed by atoms with Gasteiger partial charge in [-0.25, -0.2) is 8.78 Å². The van der Waals surface area contributed by atoms with E-state index in [9.17, 15) is 13.6 Å². The Morgan fingerprint density at radius 3 is 2.62 bits per heavy atom. The van der Waals surface area contributed by atoms with E-state index in [4.69, 9.17) is 0 Å². The Labute approximate surface area is 167 Å². The molecular weight excluding hydrogens is 376 g/mol. The minimum atomic E-state index is -2.66. The smallest absolute Gasteiger partial charge is 0.280 e. The van der Waals surface area contributed by atoms with Crippen molar-refractivity contribution in [1.29, 1.82) is 0 Å². The molecule has 0 atom stereocenters. The van der Waals surface area contributed by atoms with Gasteiger partial charge in [0.15, 0.2) is 0 Å². The van der Waals surface area contributed by atoms with Crippen LogP contribution in [0.25, 0.3) is 0 Å². The standard InChI is InChI=1S/C21H23F2N5O/c1-13-8-14(2)27(25-13)11-15-4-3-5-17(9-15)24-20(29)12-28-19(21(22)23)10-18(26-28)16-6-7-16/h3-5,8-10,16,21H,6-7,11-12H2,1-2H3,(H,24,29). The highest BCUT2D eigenvalue weighted by Gasteiger charge is 2.29. The van der Waals surface area contributed by atoms with E-state index in [-0.39, 0.29) is 24.1 Å². The topological polar surface area (TPSA) is 64.7 Å². The first kappa shape index (κ1) is 19.3. The first-order valence-corrected chi connectivity index (χ1v) is 9.64. The summed E-state index contributed by atoms with van der Waals surface area (Å²) in [4.78, 5) is 12.4. The number of rotatable bonds is 7. The summed E-state index contributed by atoms with van der Waals surface area (Å²) in [5.41, 5.74) is 4.05. The van der Waals surface area contributed by atoms with Crippen molar-refractivity contribution in [1.82, 2.24) is 19.6 Å². The number of hydrogen-bond donors (Lipinski definition) is 1. The summed E-state index contributed by atoms with van der Waals surface area (Å²) in [5, 5.41) is 11.5. The molecule has 0 unspecified atom stereocenters. The molecule has 6 nitrogen and oxygen atoms in total. The molecule has 2 heterocycles. The molecule has 8 heteroatoms. The molecule has 1 N–H and O–H groups in total. The first-order chi connectivity index (χ1) is 13.9. The molecule has 0 saturated heterocycles. The molecule has 1 aliphatic rings. The van der Waals surface area contributed by atoms with Crippen LogP contribution in [0, 0.1) is 13.8 Å². The number of nitrogens with one attached hydrogen (secondary N) is 1. The average Bonchev–Trinajstić information content (AvgIpc) is 3.34. The van der Waals surface area contributed by atoms with Gasteiger partial charge in [-0.15, -0.1) is 0 Å². The second-order valence-corrected chi connectivity index (χ2v) is 7.56. The minimum absolute atomic E-state index is 0.208. The van der Waals surface area contributed by atoms with Gasteiger partial charge in [-0.05, 0) is 56.5 Å². The Hall–Kier alpha value is -3.03. The van der Waals surface area contributed by atoms with Crippen LogP contribution in [0.2, 0.25) is 0 Å². The zero-order chi connectivity index (χ0) is 20.5. The zero-order valence-electron chi connectivity index (χ0n) is 16.4. The van der Waals surface area contributed by atoms with E-state index in [1.165, 1.54) is 6.07 Å². The lowest BCUT2D eigenvalue weighted by molar-refractivity contribution is -0.117. The van der Waals surface area contributed by atoms with Crippen molar-refractivity contribution in [3.63, 3.8) is 0 Å². The Morgan fingerprint density at radius 1 is 1.17 bits per heavy atom. The van der Waals surface area contributed by atoms with Crippen LogP contribution in [0.15, 0.2) is 36.4 Å². The summed E-state index contributed by atoms with van der Waals surface area (Å²) < 4.78 is 29.6. The quantitative estimate of drug-likeness (QED) is 0.648. The van der Waals surface area contributed by atoms with Gasteiger partial charge in [0.05, 0.1) is 17.9 Å². The molecule has 1 aromatic carbocycles. The van der Waals surface area contributed by atoms with Gasteiger partial charge < -0.3 is 5.32 Å². The summed E-state index contributed by atoms with van der Waals surface area (Å²) >= 11 is 0. The van der Waals surface area contributed by atoms with Gasteiger partial charge in [-0.2, -0.15) is 10.2 Å². The fraction of sp³-hybridized carbons (Fsp3) is 0.381. The van der Waals surface area contributed by atoms with Gasteiger partial charge in [-0.3, -0.25) is 14.2 Å². The van der Waals surface area contributed by atoms with E-state index >= 15 is 0 Å². The summed E-state index contributed by atoms with van der Waals surface area (Å²) in [6.45, 7) is 4.28. The molecule has 1 fully saturated rings. The summed E-state index contributed by atoms with van der Waals surface area (Å²) in [6.07, 6.45) is -0.728. The number of carbonyl (C=O) groups is 1. The van der Waals surface area contributed by atoms with Crippen LogP contribution < -0.4 is 5.32 Å². The molecule has 4 rings (SSSR count). The van der Waals surface area contributed by atoms with Gasteiger partial charge >= 0.3 is 0 Å². The third-order valence-corrected chi connectivity index (χ3v) is 4.99. The summed E-state index contributed by atoms with van der Waals surface area (Å²) in [7, 11) is 0. The van der Waals surface area contributed by atoms with Gasteiger partial charge in [0.2, 0.25) is 5.91 Å². The van der Waals surface area contributed by atoms with Crippen molar-refractivity contribution >= 4 is 11.6 Å². The number of aryl methyl sites for hydroxylation is 2. The van der Waals surface area contributed by atoms with Crippen molar-refractivity contribution in [3.05, 3.63) is 64.7 Å². The minimum Gasteiger partial charge on any atom is -0.324 e. The molecule has 0 radical (unpaired) electrons. The van der Waals surface area contributed by atoms with Crippen molar-refractivity contribution in [2.75, 3.05) is 5.32 Å². The maximum atomic E-state index is 13.3. The number of halogens is 2. The third-order valence-electron chi connectivity index (χ3n) is 4.99. The highest BCUT2D eigenvalue weighted by molar-refractivity contribution is 5.90. The molecule has 0 aliphatic heterocycles. The Balaban J connectivity index is 1.44. The molecule has 1 amide bonds. The van der Waals surface area contributed by atoms with E-state index in [1.807, 2.05) is 42.8 Å². The van der Waals surface area contributed by atoms with Gasteiger partial charge in [-0.1, -0.05) is 12.1 Å². The molecule has 3 aromatic rings. The van der Waals surface area contributed by atoms with Crippen LogP contribution in [0.5, 0.6) is 0 Å². The van der Waals surface area contributed by atoms with Crippen LogP contribution in [-0.2, 0) is 17.9 Å². The van der Waals surface area contributed by atoms with Crippen molar-refractivity contribution < 1.29 is 13.6 Å². The Kier molecular flexibility index (Phi) is 5.17. The number of nitrogens with zero attached hydrogens (tertiary/aromatic N) is 4. The normalized spacial score (nSPS) is 13.8. The second kappa shape index (κ2) is 7.77. The SMILES string of the molecule is Cc1cc(C)n(Cc2cccc(NC(=O)Cn3nc(C4CC4)cc3C(F)F)c2)n1. The van der Waals surface area contributed by atoms with Gasteiger partial charge in [0.1, 0.15) is 12.2 Å². The molecular formula is C21H23F2N5O. The van der Waals surface area contributed by atoms with Gasteiger partial charge in [0, 0.05) is 17.3 Å². The number of amides is 1. The summed E-state index contributed by atoms with van der Waals surface area (Å²) in [6, 6.07) is 10.9. The lowest BCUT2D eigenvalue weighted by Gasteiger charge is -2.10. The van der Waals surface area contributed by atoms with Crippen LogP contribution in [-0.4, -0.2) is 25.5 Å². The van der Waals surface area contributed by atoms with Crippen LogP contribution in [0.4, 0.5) is 14.5 Å². The lowest BCUT2D eigenvalue weighted by Crippen LogP contribution is -2.21. The number of anilines is 1. The van der Waals surface area contributed by atoms with Crippen molar-refractivity contribution in [3.8, 4) is 0 Å². The number of alkyl halides is 2. The van der Waals surface area contributed by atoms with E-state index in [2.05, 4.69) is 15.5 Å². The monoisotopic (exact) mass is 399 g/mol. The van der Waals surface area contributed by atoms with Crippen molar-refractivity contribution in [2.45, 2.75) is 52.1 Å². The molecule has 1 aliphatic carbocycles. The molecule has 0 spiro atoms. The largest absolute Gasteiger partial charge is 0.324 e. The van der Waals surface area contributed by atoms with E-state index in [0.717, 1.165) is 34.5 Å². The molecule has 1 saturated carbocycles. The fourth-order valence-electron chi connectivity index (χ4n) is 3.42. The molecule has 29 heavy (non-hydrogen) atoms. The summed E-state index contributed by atoms with van der Waals surface area (Å²) in [5.74, 6) is -0.136. The second-order valence-electron chi connectivity index (χ2n) is 7.56.